The van der Waals surface area contributed by atoms with Crippen LogP contribution in [0.4, 0.5) is 0 Å². The molecule has 1 aromatic heterocycles. The Morgan fingerprint density at radius 2 is 1.80 bits per heavy atom. The summed E-state index contributed by atoms with van der Waals surface area (Å²) in [7, 11) is 0. The van der Waals surface area contributed by atoms with E-state index < -0.39 is 0 Å². The Labute approximate surface area is 153 Å². The van der Waals surface area contributed by atoms with Crippen molar-refractivity contribution < 1.29 is 4.42 Å². The number of piperazine rings is 1. The Bertz CT molecular complexity index is 868. The molecule has 1 saturated heterocycles. The van der Waals surface area contributed by atoms with Crippen LogP contribution in [0.2, 0.25) is 5.02 Å². The molecular formula is C20H22ClN3O. The van der Waals surface area contributed by atoms with Crippen LogP contribution < -0.4 is 0 Å². The van der Waals surface area contributed by atoms with Crippen LogP contribution in [0.15, 0.2) is 46.9 Å². The molecule has 1 aliphatic rings. The molecule has 0 amide bonds. The average Bonchev–Trinajstić information content (AvgIpc) is 3.06. The highest BCUT2D eigenvalue weighted by Gasteiger charge is 2.16. The molecule has 0 bridgehead atoms. The van der Waals surface area contributed by atoms with E-state index in [0.717, 1.165) is 55.9 Å². The van der Waals surface area contributed by atoms with Gasteiger partial charge in [0.15, 0.2) is 5.58 Å². The lowest BCUT2D eigenvalue weighted by Gasteiger charge is -2.34. The second-order valence-electron chi connectivity index (χ2n) is 6.51. The van der Waals surface area contributed by atoms with Crippen LogP contribution in [-0.2, 0) is 6.54 Å². The molecule has 1 aliphatic heterocycles. The number of hydrogen-bond acceptors (Lipinski definition) is 4. The lowest BCUT2D eigenvalue weighted by atomic mass is 10.2. The van der Waals surface area contributed by atoms with Crippen molar-refractivity contribution in [3.8, 4) is 11.5 Å². The molecule has 2 aromatic carbocycles. The first-order chi connectivity index (χ1) is 12.2. The highest BCUT2D eigenvalue weighted by atomic mass is 35.5. The summed E-state index contributed by atoms with van der Waals surface area (Å²) in [5.41, 5.74) is 3.79. The Balaban J connectivity index is 1.54. The van der Waals surface area contributed by atoms with Gasteiger partial charge in [0.2, 0.25) is 5.89 Å². The summed E-state index contributed by atoms with van der Waals surface area (Å²) in [6.07, 6.45) is 0. The maximum atomic E-state index is 6.26. The van der Waals surface area contributed by atoms with Crippen LogP contribution in [0.1, 0.15) is 12.5 Å². The van der Waals surface area contributed by atoms with Gasteiger partial charge in [-0.15, -0.1) is 0 Å². The largest absolute Gasteiger partial charge is 0.436 e. The lowest BCUT2D eigenvalue weighted by molar-refractivity contribution is 0.132. The van der Waals surface area contributed by atoms with Crippen molar-refractivity contribution in [1.82, 2.24) is 14.8 Å². The van der Waals surface area contributed by atoms with Gasteiger partial charge in [-0.25, -0.2) is 4.98 Å². The summed E-state index contributed by atoms with van der Waals surface area (Å²) < 4.78 is 5.89. The highest BCUT2D eigenvalue weighted by Crippen LogP contribution is 2.30. The highest BCUT2D eigenvalue weighted by molar-refractivity contribution is 6.33. The minimum absolute atomic E-state index is 0.578. The zero-order valence-electron chi connectivity index (χ0n) is 14.4. The van der Waals surface area contributed by atoms with Crippen LogP contribution in [0.25, 0.3) is 22.6 Å². The van der Waals surface area contributed by atoms with Crippen LogP contribution >= 0.6 is 11.6 Å². The molecule has 25 heavy (non-hydrogen) atoms. The zero-order chi connectivity index (χ0) is 17.2. The number of fused-ring (bicyclic) bond motifs is 1. The van der Waals surface area contributed by atoms with Gasteiger partial charge in [0, 0.05) is 32.7 Å². The van der Waals surface area contributed by atoms with Crippen LogP contribution in [0, 0.1) is 0 Å². The molecular weight excluding hydrogens is 334 g/mol. The van der Waals surface area contributed by atoms with E-state index in [1.165, 1.54) is 5.56 Å². The van der Waals surface area contributed by atoms with Crippen LogP contribution in [0.3, 0.4) is 0 Å². The third-order valence-electron chi connectivity index (χ3n) is 4.87. The van der Waals surface area contributed by atoms with Gasteiger partial charge in [-0.2, -0.15) is 0 Å². The monoisotopic (exact) mass is 355 g/mol. The topological polar surface area (TPSA) is 32.5 Å². The predicted octanol–water partition coefficient (Wildman–Crippen LogP) is 4.29. The number of nitrogens with zero attached hydrogens (tertiary/aromatic N) is 3. The maximum Gasteiger partial charge on any atom is 0.228 e. The molecule has 2 heterocycles. The molecule has 3 aromatic rings. The molecule has 4 rings (SSSR count). The van der Waals surface area contributed by atoms with E-state index in [-0.39, 0.29) is 0 Å². The summed E-state index contributed by atoms with van der Waals surface area (Å²) in [5.74, 6) is 0.578. The molecule has 5 heteroatoms. The van der Waals surface area contributed by atoms with Crippen molar-refractivity contribution in [2.45, 2.75) is 13.5 Å². The Kier molecular flexibility index (Phi) is 4.75. The van der Waals surface area contributed by atoms with Crippen molar-refractivity contribution in [2.75, 3.05) is 32.7 Å². The molecule has 0 unspecified atom stereocenters. The second kappa shape index (κ2) is 7.16. The van der Waals surface area contributed by atoms with E-state index in [1.807, 2.05) is 30.3 Å². The first-order valence-electron chi connectivity index (χ1n) is 8.82. The summed E-state index contributed by atoms with van der Waals surface area (Å²) in [4.78, 5) is 9.64. The number of rotatable bonds is 4. The van der Waals surface area contributed by atoms with Crippen molar-refractivity contribution in [1.29, 1.82) is 0 Å². The van der Waals surface area contributed by atoms with E-state index in [1.54, 1.807) is 0 Å². The SMILES string of the molecule is CCN1CCN(Cc2ccc3oc(-c4ccccc4Cl)nc3c2)CC1. The average molecular weight is 356 g/mol. The molecule has 0 saturated carbocycles. The predicted molar refractivity (Wildman–Crippen MR) is 102 cm³/mol. The summed E-state index contributed by atoms with van der Waals surface area (Å²) in [5, 5.41) is 0.656. The van der Waals surface area contributed by atoms with Crippen molar-refractivity contribution in [3.05, 3.63) is 53.1 Å². The Morgan fingerprint density at radius 3 is 2.56 bits per heavy atom. The van der Waals surface area contributed by atoms with E-state index in [0.29, 0.717) is 10.9 Å². The van der Waals surface area contributed by atoms with E-state index >= 15 is 0 Å². The van der Waals surface area contributed by atoms with Gasteiger partial charge >= 0.3 is 0 Å². The third kappa shape index (κ3) is 3.56. The maximum absolute atomic E-state index is 6.26. The molecule has 4 nitrogen and oxygen atoms in total. The number of hydrogen-bond donors (Lipinski definition) is 0. The number of aromatic nitrogens is 1. The fraction of sp³-hybridized carbons (Fsp3) is 0.350. The number of halogens is 1. The normalized spacial score (nSPS) is 16.6. The fourth-order valence-electron chi connectivity index (χ4n) is 3.34. The fourth-order valence-corrected chi connectivity index (χ4v) is 3.56. The zero-order valence-corrected chi connectivity index (χ0v) is 15.2. The molecule has 0 radical (unpaired) electrons. The van der Waals surface area contributed by atoms with Gasteiger partial charge in [-0.05, 0) is 36.4 Å². The minimum Gasteiger partial charge on any atom is -0.436 e. The Morgan fingerprint density at radius 1 is 1.04 bits per heavy atom. The first-order valence-corrected chi connectivity index (χ1v) is 9.20. The molecule has 130 valence electrons. The van der Waals surface area contributed by atoms with Gasteiger partial charge in [0.1, 0.15) is 5.52 Å². The molecule has 1 fully saturated rings. The van der Waals surface area contributed by atoms with Gasteiger partial charge in [0.05, 0.1) is 10.6 Å². The standard InChI is InChI=1S/C20H22ClN3O/c1-2-23-9-11-24(12-10-23)14-15-7-8-19-18(13-15)22-20(25-19)16-5-3-4-6-17(16)21/h3-8,13H,2,9-12,14H2,1H3. The quantitative estimate of drug-likeness (QED) is 0.699. The van der Waals surface area contributed by atoms with E-state index in [9.17, 15) is 0 Å². The van der Waals surface area contributed by atoms with Crippen molar-refractivity contribution >= 4 is 22.7 Å². The van der Waals surface area contributed by atoms with E-state index in [4.69, 9.17) is 16.0 Å². The molecule has 0 N–H and O–H groups in total. The van der Waals surface area contributed by atoms with E-state index in [2.05, 4.69) is 33.8 Å². The third-order valence-corrected chi connectivity index (χ3v) is 5.20. The van der Waals surface area contributed by atoms with Gasteiger partial charge in [0.25, 0.3) is 0 Å². The van der Waals surface area contributed by atoms with Gasteiger partial charge < -0.3 is 9.32 Å². The molecule has 0 aliphatic carbocycles. The lowest BCUT2D eigenvalue weighted by Crippen LogP contribution is -2.45. The number of likely N-dealkylation sites (N-methyl/N-ethyl adjacent to an activating group) is 1. The van der Waals surface area contributed by atoms with Crippen LogP contribution in [0.5, 0.6) is 0 Å². The summed E-state index contributed by atoms with van der Waals surface area (Å²) in [6.45, 7) is 8.87. The number of oxazole rings is 1. The second-order valence-corrected chi connectivity index (χ2v) is 6.92. The molecule has 0 atom stereocenters. The summed E-state index contributed by atoms with van der Waals surface area (Å²) >= 11 is 6.26. The Hall–Kier alpha value is -1.88. The van der Waals surface area contributed by atoms with Crippen molar-refractivity contribution in [3.63, 3.8) is 0 Å². The smallest absolute Gasteiger partial charge is 0.228 e. The van der Waals surface area contributed by atoms with Gasteiger partial charge in [-0.3, -0.25) is 4.90 Å². The molecule has 0 spiro atoms. The van der Waals surface area contributed by atoms with Crippen LogP contribution in [-0.4, -0.2) is 47.5 Å². The van der Waals surface area contributed by atoms with Gasteiger partial charge in [-0.1, -0.05) is 36.7 Å². The first kappa shape index (κ1) is 16.6. The number of benzene rings is 2. The van der Waals surface area contributed by atoms with Crippen molar-refractivity contribution in [2.24, 2.45) is 0 Å². The minimum atomic E-state index is 0.578. The summed E-state index contributed by atoms with van der Waals surface area (Å²) in [6, 6.07) is 13.9.